The highest BCUT2D eigenvalue weighted by atomic mass is 16.5. The number of nitrogens with one attached hydrogen (secondary N) is 2. The Hall–Kier alpha value is -3.08. The van der Waals surface area contributed by atoms with Crippen LogP contribution in [0.15, 0.2) is 54.7 Å². The number of fused-ring (bicyclic) bond motifs is 2. The zero-order valence-electron chi connectivity index (χ0n) is 16.4. The number of para-hydroxylation sites is 1. The number of aromatic nitrogens is 1. The maximum absolute atomic E-state index is 12.2. The summed E-state index contributed by atoms with van der Waals surface area (Å²) < 4.78 is 5.18. The molecule has 0 radical (unpaired) electrons. The normalized spacial score (nSPS) is 15.7. The van der Waals surface area contributed by atoms with Gasteiger partial charge in [-0.3, -0.25) is 9.59 Å². The molecule has 1 atom stereocenters. The lowest BCUT2D eigenvalue weighted by atomic mass is 9.88. The number of esters is 1. The summed E-state index contributed by atoms with van der Waals surface area (Å²) in [4.78, 5) is 27.5. The molecule has 5 nitrogen and oxygen atoms in total. The summed E-state index contributed by atoms with van der Waals surface area (Å²) >= 11 is 0. The quantitative estimate of drug-likeness (QED) is 0.593. The van der Waals surface area contributed by atoms with Gasteiger partial charge in [-0.2, -0.15) is 0 Å². The summed E-state index contributed by atoms with van der Waals surface area (Å²) in [5.74, 6) is -0.569. The molecule has 0 spiro atoms. The van der Waals surface area contributed by atoms with Crippen molar-refractivity contribution in [1.82, 2.24) is 10.3 Å². The van der Waals surface area contributed by atoms with Crippen LogP contribution >= 0.6 is 0 Å². The highest BCUT2D eigenvalue weighted by Gasteiger charge is 2.21. The minimum Gasteiger partial charge on any atom is -0.456 e. The van der Waals surface area contributed by atoms with Crippen LogP contribution in [0.1, 0.15) is 48.4 Å². The molecule has 0 saturated carbocycles. The first-order chi connectivity index (χ1) is 14.2. The van der Waals surface area contributed by atoms with Crippen molar-refractivity contribution in [2.24, 2.45) is 0 Å². The molecule has 150 valence electrons. The minimum absolute atomic E-state index is 0.00743. The number of amides is 1. The fourth-order valence-corrected chi connectivity index (χ4v) is 4.12. The van der Waals surface area contributed by atoms with Gasteiger partial charge in [0.15, 0.2) is 6.61 Å². The van der Waals surface area contributed by atoms with Gasteiger partial charge in [0.25, 0.3) is 5.91 Å². The lowest BCUT2D eigenvalue weighted by Gasteiger charge is -2.26. The molecule has 5 heteroatoms. The Labute approximate surface area is 170 Å². The van der Waals surface area contributed by atoms with Crippen LogP contribution in [0, 0.1) is 0 Å². The number of hydrogen-bond acceptors (Lipinski definition) is 3. The van der Waals surface area contributed by atoms with E-state index in [9.17, 15) is 9.59 Å². The van der Waals surface area contributed by atoms with Crippen LogP contribution in [0.3, 0.4) is 0 Å². The Morgan fingerprint density at radius 1 is 1.10 bits per heavy atom. The second-order valence-electron chi connectivity index (χ2n) is 7.58. The summed E-state index contributed by atoms with van der Waals surface area (Å²) in [5, 5.41) is 4.20. The van der Waals surface area contributed by atoms with Gasteiger partial charge >= 0.3 is 5.97 Å². The number of aromatic amines is 1. The maximum atomic E-state index is 12.2. The van der Waals surface area contributed by atoms with Crippen LogP contribution in [-0.4, -0.2) is 23.5 Å². The number of ether oxygens (including phenoxy) is 1. The Kier molecular flexibility index (Phi) is 5.94. The molecule has 1 aromatic heterocycles. The monoisotopic (exact) mass is 390 g/mol. The third-order valence-electron chi connectivity index (χ3n) is 5.57. The van der Waals surface area contributed by atoms with Gasteiger partial charge < -0.3 is 15.0 Å². The van der Waals surface area contributed by atoms with Gasteiger partial charge in [-0.05, 0) is 54.9 Å². The van der Waals surface area contributed by atoms with E-state index in [1.807, 2.05) is 36.5 Å². The fraction of sp³-hybridized carbons (Fsp3) is 0.333. The second kappa shape index (κ2) is 8.95. The minimum atomic E-state index is -0.330. The molecule has 2 aromatic carbocycles. The number of aryl methyl sites for hydroxylation is 2. The van der Waals surface area contributed by atoms with Crippen molar-refractivity contribution in [3.05, 3.63) is 71.4 Å². The van der Waals surface area contributed by atoms with E-state index >= 15 is 0 Å². The van der Waals surface area contributed by atoms with Crippen molar-refractivity contribution in [3.8, 4) is 0 Å². The smallest absolute Gasteiger partial charge is 0.306 e. The van der Waals surface area contributed by atoms with Gasteiger partial charge in [0, 0.05) is 23.5 Å². The number of benzene rings is 2. The molecule has 0 saturated heterocycles. The zero-order chi connectivity index (χ0) is 20.1. The zero-order valence-corrected chi connectivity index (χ0v) is 16.4. The number of carbonyl (C=O) groups is 2. The van der Waals surface area contributed by atoms with E-state index in [0.717, 1.165) is 31.2 Å². The molecule has 0 fully saturated rings. The molecule has 1 unspecified atom stereocenters. The number of hydrogen-bond donors (Lipinski definition) is 2. The van der Waals surface area contributed by atoms with Gasteiger partial charge in [0.05, 0.1) is 6.04 Å². The molecule has 0 aliphatic heterocycles. The third-order valence-corrected chi connectivity index (χ3v) is 5.57. The SMILES string of the molecule is O=C(COC(=O)CCCc1c[nH]c2ccccc12)NC1CCCc2ccccc21. The molecule has 1 amide bonds. The summed E-state index contributed by atoms with van der Waals surface area (Å²) in [6.45, 7) is -0.218. The van der Waals surface area contributed by atoms with E-state index in [0.29, 0.717) is 12.8 Å². The van der Waals surface area contributed by atoms with Crippen LogP contribution in [0.5, 0.6) is 0 Å². The molecule has 1 aliphatic rings. The average molecular weight is 390 g/mol. The van der Waals surface area contributed by atoms with Crippen molar-refractivity contribution >= 4 is 22.8 Å². The lowest BCUT2D eigenvalue weighted by molar-refractivity contribution is -0.148. The van der Waals surface area contributed by atoms with E-state index in [1.54, 1.807) is 0 Å². The van der Waals surface area contributed by atoms with Gasteiger partial charge in [0.2, 0.25) is 0 Å². The summed E-state index contributed by atoms with van der Waals surface area (Å²) in [6, 6.07) is 16.3. The summed E-state index contributed by atoms with van der Waals surface area (Å²) in [7, 11) is 0. The summed E-state index contributed by atoms with van der Waals surface area (Å²) in [6.07, 6.45) is 6.80. The van der Waals surface area contributed by atoms with Crippen molar-refractivity contribution in [3.63, 3.8) is 0 Å². The Morgan fingerprint density at radius 2 is 1.93 bits per heavy atom. The van der Waals surface area contributed by atoms with Crippen LogP contribution in [-0.2, 0) is 27.2 Å². The number of rotatable bonds is 7. The molecule has 1 aliphatic carbocycles. The van der Waals surface area contributed by atoms with Crippen LogP contribution in [0.25, 0.3) is 10.9 Å². The predicted molar refractivity (Wildman–Crippen MR) is 112 cm³/mol. The first kappa shape index (κ1) is 19.2. The van der Waals surface area contributed by atoms with Gasteiger partial charge in [-0.25, -0.2) is 0 Å². The molecule has 2 N–H and O–H groups in total. The van der Waals surface area contributed by atoms with Crippen LogP contribution in [0.4, 0.5) is 0 Å². The first-order valence-corrected chi connectivity index (χ1v) is 10.3. The van der Waals surface area contributed by atoms with Crippen molar-refractivity contribution < 1.29 is 14.3 Å². The van der Waals surface area contributed by atoms with E-state index in [1.165, 1.54) is 22.1 Å². The maximum Gasteiger partial charge on any atom is 0.306 e. The topological polar surface area (TPSA) is 71.2 Å². The van der Waals surface area contributed by atoms with E-state index in [2.05, 4.69) is 28.5 Å². The average Bonchev–Trinajstić information content (AvgIpc) is 3.16. The third kappa shape index (κ3) is 4.67. The Morgan fingerprint density at radius 3 is 2.86 bits per heavy atom. The van der Waals surface area contributed by atoms with E-state index in [4.69, 9.17) is 4.74 Å². The van der Waals surface area contributed by atoms with Crippen LogP contribution in [0.2, 0.25) is 0 Å². The molecular weight excluding hydrogens is 364 g/mol. The Bertz CT molecular complexity index is 1010. The molecule has 4 rings (SSSR count). The van der Waals surface area contributed by atoms with E-state index < -0.39 is 0 Å². The second-order valence-corrected chi connectivity index (χ2v) is 7.58. The number of carbonyl (C=O) groups excluding carboxylic acids is 2. The van der Waals surface area contributed by atoms with Gasteiger partial charge in [-0.1, -0.05) is 42.5 Å². The standard InChI is InChI=1S/C24H26N2O3/c27-23(26-22-13-5-8-17-7-1-2-10-19(17)22)16-29-24(28)14-6-9-18-15-25-21-12-4-3-11-20(18)21/h1-4,7,10-12,15,22,25H,5-6,8-9,13-14,16H2,(H,26,27). The molecule has 29 heavy (non-hydrogen) atoms. The fourth-order valence-electron chi connectivity index (χ4n) is 4.12. The highest BCUT2D eigenvalue weighted by molar-refractivity contribution is 5.83. The summed E-state index contributed by atoms with van der Waals surface area (Å²) in [5.41, 5.74) is 4.77. The first-order valence-electron chi connectivity index (χ1n) is 10.3. The van der Waals surface area contributed by atoms with Crippen LogP contribution < -0.4 is 5.32 Å². The van der Waals surface area contributed by atoms with Crippen molar-refractivity contribution in [2.75, 3.05) is 6.61 Å². The van der Waals surface area contributed by atoms with Crippen molar-refractivity contribution in [1.29, 1.82) is 0 Å². The van der Waals surface area contributed by atoms with Gasteiger partial charge in [0.1, 0.15) is 0 Å². The van der Waals surface area contributed by atoms with Crippen molar-refractivity contribution in [2.45, 2.75) is 44.6 Å². The highest BCUT2D eigenvalue weighted by Crippen LogP contribution is 2.29. The Balaban J connectivity index is 1.20. The van der Waals surface area contributed by atoms with E-state index in [-0.39, 0.29) is 24.5 Å². The largest absolute Gasteiger partial charge is 0.456 e. The molecule has 1 heterocycles. The predicted octanol–water partition coefficient (Wildman–Crippen LogP) is 4.23. The molecule has 0 bridgehead atoms. The lowest BCUT2D eigenvalue weighted by Crippen LogP contribution is -2.34. The number of H-pyrrole nitrogens is 1. The molecule has 3 aromatic rings. The molecular formula is C24H26N2O3. The van der Waals surface area contributed by atoms with Gasteiger partial charge in [-0.15, -0.1) is 0 Å².